The van der Waals surface area contributed by atoms with Crippen molar-refractivity contribution in [1.82, 2.24) is 10.6 Å². The summed E-state index contributed by atoms with van der Waals surface area (Å²) < 4.78 is 5.36. The van der Waals surface area contributed by atoms with Gasteiger partial charge < -0.3 is 15.1 Å². The summed E-state index contributed by atoms with van der Waals surface area (Å²) in [4.78, 5) is 12.4. The van der Waals surface area contributed by atoms with Crippen molar-refractivity contribution < 1.29 is 9.21 Å². The highest BCUT2D eigenvalue weighted by Gasteiger charge is 2.37. The Balaban J connectivity index is 1.63. The summed E-state index contributed by atoms with van der Waals surface area (Å²) in [6.07, 6.45) is 11.0. The predicted molar refractivity (Wildman–Crippen MR) is 82.4 cm³/mol. The third-order valence-corrected chi connectivity index (χ3v) is 5.09. The van der Waals surface area contributed by atoms with Gasteiger partial charge in [-0.2, -0.15) is 0 Å². The number of carbonyl (C=O) groups is 1. The minimum atomic E-state index is 0.0264. The number of rotatable bonds is 3. The number of carbonyl (C=O) groups excluding carboxylic acids is 1. The molecule has 1 amide bonds. The molecule has 21 heavy (non-hydrogen) atoms. The monoisotopic (exact) mass is 290 g/mol. The summed E-state index contributed by atoms with van der Waals surface area (Å²) in [6, 6.07) is 2.07. The van der Waals surface area contributed by atoms with Crippen LogP contribution >= 0.6 is 0 Å². The Morgan fingerprint density at radius 3 is 3.00 bits per heavy atom. The average molecular weight is 290 g/mol. The van der Waals surface area contributed by atoms with Gasteiger partial charge >= 0.3 is 0 Å². The van der Waals surface area contributed by atoms with E-state index in [0.717, 1.165) is 31.6 Å². The van der Waals surface area contributed by atoms with E-state index in [1.165, 1.54) is 32.1 Å². The number of aryl methyl sites for hydroxylation is 1. The zero-order valence-corrected chi connectivity index (χ0v) is 12.9. The van der Waals surface area contributed by atoms with Crippen LogP contribution in [0, 0.1) is 0 Å². The molecule has 1 saturated carbocycles. The molecule has 2 aliphatic rings. The van der Waals surface area contributed by atoms with Gasteiger partial charge in [-0.05, 0) is 38.3 Å². The fraction of sp³-hybridized carbons (Fsp3) is 0.706. The highest BCUT2D eigenvalue weighted by Crippen LogP contribution is 2.34. The molecule has 0 radical (unpaired) electrons. The van der Waals surface area contributed by atoms with Crippen molar-refractivity contribution in [1.29, 1.82) is 0 Å². The molecule has 1 atom stereocenters. The van der Waals surface area contributed by atoms with Crippen LogP contribution < -0.4 is 10.6 Å². The van der Waals surface area contributed by atoms with Gasteiger partial charge in [0.15, 0.2) is 0 Å². The lowest BCUT2D eigenvalue weighted by Crippen LogP contribution is -2.57. The van der Waals surface area contributed by atoms with E-state index in [9.17, 15) is 4.79 Å². The van der Waals surface area contributed by atoms with Gasteiger partial charge in [0.2, 0.25) is 0 Å². The lowest BCUT2D eigenvalue weighted by molar-refractivity contribution is 0.0891. The Morgan fingerprint density at radius 1 is 1.43 bits per heavy atom. The molecule has 2 heterocycles. The first-order valence-corrected chi connectivity index (χ1v) is 8.35. The molecule has 4 nitrogen and oxygen atoms in total. The van der Waals surface area contributed by atoms with Gasteiger partial charge in [-0.15, -0.1) is 0 Å². The fourth-order valence-electron chi connectivity index (χ4n) is 3.97. The molecular formula is C17H26N2O2. The number of furan rings is 1. The van der Waals surface area contributed by atoms with Crippen LogP contribution in [0.4, 0.5) is 0 Å². The fourth-order valence-corrected chi connectivity index (χ4v) is 3.97. The summed E-state index contributed by atoms with van der Waals surface area (Å²) in [5, 5.41) is 6.95. The summed E-state index contributed by atoms with van der Waals surface area (Å²) >= 11 is 0. The smallest absolute Gasteiger partial charge is 0.255 e. The molecular weight excluding hydrogens is 264 g/mol. The molecule has 1 spiro atoms. The van der Waals surface area contributed by atoms with Crippen molar-refractivity contribution in [2.45, 2.75) is 69.9 Å². The van der Waals surface area contributed by atoms with Gasteiger partial charge in [0.25, 0.3) is 5.91 Å². The Kier molecular flexibility index (Phi) is 4.34. The molecule has 1 aromatic heterocycles. The van der Waals surface area contributed by atoms with Gasteiger partial charge in [-0.1, -0.05) is 26.2 Å². The van der Waals surface area contributed by atoms with Crippen molar-refractivity contribution in [3.05, 3.63) is 23.7 Å². The van der Waals surface area contributed by atoms with Gasteiger partial charge in [0, 0.05) is 18.0 Å². The first-order chi connectivity index (χ1) is 10.2. The number of amides is 1. The topological polar surface area (TPSA) is 54.3 Å². The van der Waals surface area contributed by atoms with Crippen LogP contribution in [0.2, 0.25) is 0 Å². The Labute approximate surface area is 126 Å². The molecule has 1 unspecified atom stereocenters. The molecule has 3 rings (SSSR count). The first kappa shape index (κ1) is 14.6. The molecule has 1 saturated heterocycles. The van der Waals surface area contributed by atoms with Gasteiger partial charge in [-0.3, -0.25) is 4.79 Å². The van der Waals surface area contributed by atoms with Gasteiger partial charge in [0.05, 0.1) is 11.8 Å². The van der Waals surface area contributed by atoms with Crippen molar-refractivity contribution in [3.8, 4) is 0 Å². The highest BCUT2D eigenvalue weighted by atomic mass is 16.3. The van der Waals surface area contributed by atoms with Crippen LogP contribution in [-0.4, -0.2) is 24.0 Å². The van der Waals surface area contributed by atoms with E-state index in [0.29, 0.717) is 5.56 Å². The van der Waals surface area contributed by atoms with E-state index in [-0.39, 0.29) is 17.5 Å². The second-order valence-corrected chi connectivity index (χ2v) is 6.54. The van der Waals surface area contributed by atoms with E-state index < -0.39 is 0 Å². The first-order valence-electron chi connectivity index (χ1n) is 8.35. The van der Waals surface area contributed by atoms with Gasteiger partial charge in [0.1, 0.15) is 5.76 Å². The summed E-state index contributed by atoms with van der Waals surface area (Å²) in [5.41, 5.74) is 0.979. The van der Waals surface area contributed by atoms with Crippen molar-refractivity contribution in [2.75, 3.05) is 6.54 Å². The van der Waals surface area contributed by atoms with Crippen molar-refractivity contribution >= 4 is 5.91 Å². The number of hydrogen-bond acceptors (Lipinski definition) is 3. The quantitative estimate of drug-likeness (QED) is 0.899. The van der Waals surface area contributed by atoms with Gasteiger partial charge in [-0.25, -0.2) is 0 Å². The molecule has 116 valence electrons. The SMILES string of the molecule is CCc1occc1C(=O)NC1CCNC2(CCCCC2)C1. The second-order valence-electron chi connectivity index (χ2n) is 6.54. The zero-order chi connectivity index (χ0) is 14.7. The Bertz CT molecular complexity index is 483. The third kappa shape index (κ3) is 3.15. The van der Waals surface area contributed by atoms with E-state index in [1.54, 1.807) is 12.3 Å². The number of hydrogen-bond donors (Lipinski definition) is 2. The van der Waals surface area contributed by atoms with E-state index in [1.807, 2.05) is 6.92 Å². The highest BCUT2D eigenvalue weighted by molar-refractivity contribution is 5.95. The number of piperidine rings is 1. The van der Waals surface area contributed by atoms with E-state index >= 15 is 0 Å². The molecule has 4 heteroatoms. The Morgan fingerprint density at radius 2 is 2.24 bits per heavy atom. The summed E-state index contributed by atoms with van der Waals surface area (Å²) in [5.74, 6) is 0.812. The molecule has 1 aliphatic carbocycles. The zero-order valence-electron chi connectivity index (χ0n) is 12.9. The molecule has 2 N–H and O–H groups in total. The van der Waals surface area contributed by atoms with E-state index in [2.05, 4.69) is 10.6 Å². The van der Waals surface area contributed by atoms with Crippen LogP contribution in [0.3, 0.4) is 0 Å². The largest absolute Gasteiger partial charge is 0.469 e. The summed E-state index contributed by atoms with van der Waals surface area (Å²) in [7, 11) is 0. The van der Waals surface area contributed by atoms with Crippen LogP contribution in [0.15, 0.2) is 16.7 Å². The van der Waals surface area contributed by atoms with Crippen molar-refractivity contribution in [2.24, 2.45) is 0 Å². The lowest BCUT2D eigenvalue weighted by Gasteiger charge is -2.44. The van der Waals surface area contributed by atoms with E-state index in [4.69, 9.17) is 4.42 Å². The van der Waals surface area contributed by atoms with Crippen molar-refractivity contribution in [3.63, 3.8) is 0 Å². The molecule has 1 aliphatic heterocycles. The van der Waals surface area contributed by atoms with Crippen LogP contribution in [-0.2, 0) is 6.42 Å². The maximum atomic E-state index is 12.4. The second kappa shape index (κ2) is 6.22. The van der Waals surface area contributed by atoms with Crippen LogP contribution in [0.25, 0.3) is 0 Å². The molecule has 2 fully saturated rings. The number of nitrogens with one attached hydrogen (secondary N) is 2. The average Bonchev–Trinajstić information content (AvgIpc) is 2.96. The predicted octanol–water partition coefficient (Wildman–Crippen LogP) is 3.03. The van der Waals surface area contributed by atoms with Crippen LogP contribution in [0.5, 0.6) is 0 Å². The Hall–Kier alpha value is -1.29. The molecule has 0 bridgehead atoms. The maximum Gasteiger partial charge on any atom is 0.255 e. The maximum absolute atomic E-state index is 12.4. The standard InChI is InChI=1S/C17H26N2O2/c1-2-15-14(7-11-21-15)16(20)19-13-6-10-18-17(12-13)8-4-3-5-9-17/h7,11,13,18H,2-6,8-10,12H2,1H3,(H,19,20). The molecule has 1 aromatic rings. The van der Waals surface area contributed by atoms with Crippen LogP contribution in [0.1, 0.15) is 68.0 Å². The minimum absolute atomic E-state index is 0.0264. The minimum Gasteiger partial charge on any atom is -0.469 e. The normalized spacial score (nSPS) is 24.9. The third-order valence-electron chi connectivity index (χ3n) is 5.09. The summed E-state index contributed by atoms with van der Waals surface area (Å²) in [6.45, 7) is 3.02. The lowest BCUT2D eigenvalue weighted by atomic mass is 9.75. The molecule has 0 aromatic carbocycles.